The summed E-state index contributed by atoms with van der Waals surface area (Å²) in [6, 6.07) is 20.0. The van der Waals surface area contributed by atoms with E-state index in [1.165, 1.54) is 29.2 Å². The number of hydrogen-bond donors (Lipinski definition) is 0. The van der Waals surface area contributed by atoms with Gasteiger partial charge in [0.25, 0.3) is 0 Å². The molecular formula is C32H26Cl2FNO5. The lowest BCUT2D eigenvalue weighted by Crippen LogP contribution is -2.57. The number of Topliss-reactive ketones (excluding diaryl/α,β-unsaturated/α-hetero) is 1. The first-order valence-corrected chi connectivity index (χ1v) is 14.3. The van der Waals surface area contributed by atoms with Gasteiger partial charge in [-0.1, -0.05) is 55.0 Å². The highest BCUT2D eigenvalue weighted by Crippen LogP contribution is 2.69. The number of likely N-dealkylation sites (tertiary alicyclic amines) is 1. The van der Waals surface area contributed by atoms with E-state index in [9.17, 15) is 23.6 Å². The minimum Gasteiger partial charge on any atom is -0.457 e. The van der Waals surface area contributed by atoms with Crippen LogP contribution in [0.3, 0.4) is 0 Å². The molecule has 1 aliphatic heterocycles. The number of rotatable bonds is 9. The molecule has 210 valence electrons. The molecule has 0 spiro atoms. The van der Waals surface area contributed by atoms with Crippen LogP contribution in [0.15, 0.2) is 72.8 Å². The maximum absolute atomic E-state index is 13.8. The standard InChI is InChI=1S/C32H26Cl2FNO5/c33-31-21-8-3-4-9-22(21)32(34,24-11-6-5-10-23(24)31)28-27(31)29(39)36(30(28)40)17-7-1-2-12-26(38)41-18-25(37)19-13-15-20(35)16-14-19/h3-6,8-11,13-16,27-28H,1-2,7,12,17-18H2/t27-,28+,31?,32?. The van der Waals surface area contributed by atoms with Crippen molar-refractivity contribution in [2.24, 2.45) is 11.8 Å². The van der Waals surface area contributed by atoms with Gasteiger partial charge in [0.15, 0.2) is 12.4 Å². The quantitative estimate of drug-likeness (QED) is 0.104. The molecule has 7 rings (SSSR count). The van der Waals surface area contributed by atoms with Crippen LogP contribution in [-0.2, 0) is 28.9 Å². The van der Waals surface area contributed by atoms with Crippen molar-refractivity contribution in [1.82, 2.24) is 4.90 Å². The van der Waals surface area contributed by atoms with Gasteiger partial charge in [0, 0.05) is 18.5 Å². The number of carbonyl (C=O) groups excluding carboxylic acids is 4. The summed E-state index contributed by atoms with van der Waals surface area (Å²) in [7, 11) is 0. The first kappa shape index (κ1) is 27.6. The van der Waals surface area contributed by atoms with Crippen molar-refractivity contribution in [3.8, 4) is 0 Å². The van der Waals surface area contributed by atoms with E-state index in [0.717, 1.165) is 22.3 Å². The van der Waals surface area contributed by atoms with Crippen molar-refractivity contribution in [3.05, 3.63) is 106 Å². The van der Waals surface area contributed by atoms with Gasteiger partial charge >= 0.3 is 5.97 Å². The van der Waals surface area contributed by atoms with Crippen LogP contribution >= 0.6 is 23.2 Å². The highest BCUT2D eigenvalue weighted by atomic mass is 35.5. The van der Waals surface area contributed by atoms with Crippen molar-refractivity contribution >= 4 is 46.8 Å². The molecule has 2 bridgehead atoms. The SMILES string of the molecule is O=C(CCCCCN1C(=O)[C@@H]2[C@H](C1=O)C1(Cl)c3ccccc3C2(Cl)c2ccccc21)OCC(=O)c1ccc(F)cc1. The molecule has 41 heavy (non-hydrogen) atoms. The summed E-state index contributed by atoms with van der Waals surface area (Å²) >= 11 is 14.8. The second kappa shape index (κ2) is 10.4. The van der Waals surface area contributed by atoms with Crippen LogP contribution in [0.1, 0.15) is 58.3 Å². The molecule has 2 atom stereocenters. The van der Waals surface area contributed by atoms with Gasteiger partial charge < -0.3 is 4.74 Å². The van der Waals surface area contributed by atoms with Gasteiger partial charge in [-0.05, 0) is 59.4 Å². The van der Waals surface area contributed by atoms with E-state index in [2.05, 4.69) is 0 Å². The fourth-order valence-corrected chi connectivity index (χ4v) is 7.70. The van der Waals surface area contributed by atoms with E-state index in [1.807, 2.05) is 48.5 Å². The monoisotopic (exact) mass is 593 g/mol. The molecule has 3 aromatic carbocycles. The molecule has 4 aliphatic rings. The second-order valence-electron chi connectivity index (χ2n) is 10.7. The number of hydrogen-bond acceptors (Lipinski definition) is 5. The van der Waals surface area contributed by atoms with Crippen LogP contribution in [0.2, 0.25) is 0 Å². The predicted octanol–water partition coefficient (Wildman–Crippen LogP) is 5.71. The van der Waals surface area contributed by atoms with Crippen molar-refractivity contribution in [2.75, 3.05) is 13.2 Å². The molecule has 1 heterocycles. The van der Waals surface area contributed by atoms with Gasteiger partial charge in [0.2, 0.25) is 11.8 Å². The topological polar surface area (TPSA) is 80.8 Å². The highest BCUT2D eigenvalue weighted by Gasteiger charge is 2.72. The van der Waals surface area contributed by atoms with E-state index in [4.69, 9.17) is 27.9 Å². The minimum absolute atomic E-state index is 0.0873. The van der Waals surface area contributed by atoms with Crippen LogP contribution in [0.25, 0.3) is 0 Å². The highest BCUT2D eigenvalue weighted by molar-refractivity contribution is 6.36. The van der Waals surface area contributed by atoms with Crippen LogP contribution in [0, 0.1) is 17.7 Å². The molecule has 6 nitrogen and oxygen atoms in total. The number of alkyl halides is 2. The van der Waals surface area contributed by atoms with E-state index in [0.29, 0.717) is 19.3 Å². The number of ketones is 1. The number of ether oxygens (including phenoxy) is 1. The number of halogens is 3. The normalized spacial score (nSPS) is 25.5. The van der Waals surface area contributed by atoms with Crippen LogP contribution < -0.4 is 0 Å². The maximum Gasteiger partial charge on any atom is 0.306 e. The Labute approximate surface area is 246 Å². The molecule has 3 aromatic rings. The Balaban J connectivity index is 1.08. The molecule has 3 aliphatic carbocycles. The summed E-state index contributed by atoms with van der Waals surface area (Å²) in [6.07, 6.45) is 1.60. The first-order valence-electron chi connectivity index (χ1n) is 13.6. The fourth-order valence-electron chi connectivity index (χ4n) is 6.60. The number of imide groups is 1. The van der Waals surface area contributed by atoms with Crippen molar-refractivity contribution in [2.45, 2.75) is 35.4 Å². The third-order valence-electron chi connectivity index (χ3n) is 8.47. The van der Waals surface area contributed by atoms with E-state index < -0.39 is 45.8 Å². The molecule has 0 radical (unpaired) electrons. The van der Waals surface area contributed by atoms with Crippen LogP contribution in [-0.4, -0.2) is 41.6 Å². The number of esters is 1. The zero-order valence-corrected chi connectivity index (χ0v) is 23.5. The summed E-state index contributed by atoms with van der Waals surface area (Å²) in [6.45, 7) is -0.232. The molecule has 1 saturated heterocycles. The van der Waals surface area contributed by atoms with E-state index in [1.54, 1.807) is 0 Å². The number of unbranched alkanes of at least 4 members (excludes halogenated alkanes) is 2. The molecule has 1 fully saturated rings. The second-order valence-corrected chi connectivity index (χ2v) is 11.9. The molecular weight excluding hydrogens is 568 g/mol. The van der Waals surface area contributed by atoms with Crippen molar-refractivity contribution in [3.63, 3.8) is 0 Å². The van der Waals surface area contributed by atoms with E-state index in [-0.39, 0.29) is 30.3 Å². The Hall–Kier alpha value is -3.55. The van der Waals surface area contributed by atoms with Gasteiger partial charge in [0.05, 0.1) is 11.8 Å². The average molecular weight is 594 g/mol. The summed E-state index contributed by atoms with van der Waals surface area (Å²) in [4.78, 5) is 50.7. The van der Waals surface area contributed by atoms with Gasteiger partial charge in [-0.25, -0.2) is 4.39 Å². The smallest absolute Gasteiger partial charge is 0.306 e. The molecule has 9 heteroatoms. The minimum atomic E-state index is -1.20. The Morgan fingerprint density at radius 3 is 1.73 bits per heavy atom. The molecule has 2 amide bonds. The summed E-state index contributed by atoms with van der Waals surface area (Å²) in [5.74, 6) is -3.72. The molecule has 0 saturated carbocycles. The van der Waals surface area contributed by atoms with Gasteiger partial charge in [0.1, 0.15) is 15.6 Å². The van der Waals surface area contributed by atoms with Gasteiger partial charge in [-0.15, -0.1) is 23.2 Å². The average Bonchev–Trinajstić information content (AvgIpc) is 3.25. The lowest BCUT2D eigenvalue weighted by atomic mass is 9.54. The predicted molar refractivity (Wildman–Crippen MR) is 150 cm³/mol. The number of carbonyl (C=O) groups is 4. The summed E-state index contributed by atoms with van der Waals surface area (Å²) in [5, 5.41) is 0. The third kappa shape index (κ3) is 4.20. The van der Waals surface area contributed by atoms with Gasteiger partial charge in [-0.3, -0.25) is 24.1 Å². The van der Waals surface area contributed by atoms with Crippen LogP contribution in [0.4, 0.5) is 4.39 Å². The molecule has 0 N–H and O–H groups in total. The summed E-state index contributed by atoms with van der Waals surface area (Å²) in [5.41, 5.74) is 3.30. The zero-order chi connectivity index (χ0) is 28.9. The zero-order valence-electron chi connectivity index (χ0n) is 21.9. The van der Waals surface area contributed by atoms with Crippen molar-refractivity contribution in [1.29, 1.82) is 0 Å². The third-order valence-corrected chi connectivity index (χ3v) is 9.75. The van der Waals surface area contributed by atoms with Crippen molar-refractivity contribution < 1.29 is 28.3 Å². The first-order chi connectivity index (χ1) is 19.7. The Morgan fingerprint density at radius 2 is 1.24 bits per heavy atom. The maximum atomic E-state index is 13.8. The Morgan fingerprint density at radius 1 is 0.756 bits per heavy atom. The van der Waals surface area contributed by atoms with Crippen LogP contribution in [0.5, 0.6) is 0 Å². The molecule has 0 unspecified atom stereocenters. The largest absolute Gasteiger partial charge is 0.457 e. The number of amides is 2. The number of nitrogens with zero attached hydrogens (tertiary/aromatic N) is 1. The Kier molecular flexibility index (Phi) is 6.99. The molecule has 0 aromatic heterocycles. The van der Waals surface area contributed by atoms with E-state index >= 15 is 0 Å². The lowest BCUT2D eigenvalue weighted by molar-refractivity contribution is -0.143. The lowest BCUT2D eigenvalue weighted by Gasteiger charge is -2.54. The summed E-state index contributed by atoms with van der Waals surface area (Å²) < 4.78 is 18.1. The Bertz CT molecular complexity index is 1450. The van der Waals surface area contributed by atoms with Gasteiger partial charge in [-0.2, -0.15) is 0 Å². The fraction of sp³-hybridized carbons (Fsp3) is 0.312. The number of benzene rings is 3.